The molecule has 0 radical (unpaired) electrons. The summed E-state index contributed by atoms with van der Waals surface area (Å²) in [5.41, 5.74) is 0. The van der Waals surface area contributed by atoms with Crippen molar-refractivity contribution in [3.8, 4) is 0 Å². The zero-order valence-electron chi connectivity index (χ0n) is 9.48. The molecule has 3 heterocycles. The third-order valence-corrected chi connectivity index (χ3v) is 3.45. The number of hydrogen-bond donors (Lipinski definition) is 1. The first-order valence-electron chi connectivity index (χ1n) is 6.05. The Morgan fingerprint density at radius 3 is 3.06 bits per heavy atom. The standard InChI is InChI=1S/C11H17N3O2/c1-2-12-6-10-13-11(14-16-10)8-5-7-3-4-9(8)15-7/h7-9,12H,2-6H2,1H3. The summed E-state index contributed by atoms with van der Waals surface area (Å²) in [5.74, 6) is 1.87. The lowest BCUT2D eigenvalue weighted by Crippen LogP contribution is -2.16. The molecule has 5 nitrogen and oxygen atoms in total. The maximum Gasteiger partial charge on any atom is 0.240 e. The molecule has 2 aliphatic heterocycles. The molecule has 0 saturated carbocycles. The molecule has 3 rings (SSSR count). The number of hydrogen-bond acceptors (Lipinski definition) is 5. The van der Waals surface area contributed by atoms with Crippen LogP contribution in [0.2, 0.25) is 0 Å². The second-order valence-electron chi connectivity index (χ2n) is 4.54. The molecule has 88 valence electrons. The maximum absolute atomic E-state index is 5.79. The van der Waals surface area contributed by atoms with E-state index < -0.39 is 0 Å². The van der Waals surface area contributed by atoms with Gasteiger partial charge in [-0.3, -0.25) is 0 Å². The van der Waals surface area contributed by atoms with Crippen molar-refractivity contribution < 1.29 is 9.26 Å². The van der Waals surface area contributed by atoms with Gasteiger partial charge in [-0.05, 0) is 25.8 Å². The quantitative estimate of drug-likeness (QED) is 0.831. The minimum absolute atomic E-state index is 0.328. The lowest BCUT2D eigenvalue weighted by molar-refractivity contribution is 0.0996. The third kappa shape index (κ3) is 1.74. The fourth-order valence-corrected chi connectivity index (χ4v) is 2.63. The number of nitrogens with zero attached hydrogens (tertiary/aromatic N) is 2. The highest BCUT2D eigenvalue weighted by atomic mass is 16.5. The van der Waals surface area contributed by atoms with Crippen LogP contribution in [-0.2, 0) is 11.3 Å². The highest BCUT2D eigenvalue weighted by Gasteiger charge is 2.43. The van der Waals surface area contributed by atoms with Gasteiger partial charge in [0.15, 0.2) is 5.82 Å². The Morgan fingerprint density at radius 2 is 2.38 bits per heavy atom. The molecule has 5 heteroatoms. The molecule has 16 heavy (non-hydrogen) atoms. The number of rotatable bonds is 4. The Kier molecular flexibility index (Phi) is 2.65. The first-order valence-corrected chi connectivity index (χ1v) is 6.05. The summed E-state index contributed by atoms with van der Waals surface area (Å²) in [4.78, 5) is 4.43. The van der Waals surface area contributed by atoms with Crippen LogP contribution >= 0.6 is 0 Å². The van der Waals surface area contributed by atoms with Crippen molar-refractivity contribution in [2.75, 3.05) is 6.54 Å². The Morgan fingerprint density at radius 1 is 1.44 bits per heavy atom. The second-order valence-corrected chi connectivity index (χ2v) is 4.54. The van der Waals surface area contributed by atoms with Gasteiger partial charge in [0.05, 0.1) is 24.7 Å². The number of fused-ring (bicyclic) bond motifs is 2. The van der Waals surface area contributed by atoms with E-state index in [0.717, 1.165) is 25.2 Å². The summed E-state index contributed by atoms with van der Waals surface area (Å²) < 4.78 is 11.0. The van der Waals surface area contributed by atoms with Crippen LogP contribution in [0.15, 0.2) is 4.52 Å². The molecule has 0 amide bonds. The molecule has 3 atom stereocenters. The van der Waals surface area contributed by atoms with Crippen LogP contribution in [0.25, 0.3) is 0 Å². The largest absolute Gasteiger partial charge is 0.374 e. The smallest absolute Gasteiger partial charge is 0.240 e. The van der Waals surface area contributed by atoms with Crippen molar-refractivity contribution in [2.45, 2.75) is 50.9 Å². The van der Waals surface area contributed by atoms with Gasteiger partial charge >= 0.3 is 0 Å². The van der Waals surface area contributed by atoms with Crippen LogP contribution in [0.5, 0.6) is 0 Å². The average Bonchev–Trinajstić information content (AvgIpc) is 3.01. The van der Waals surface area contributed by atoms with Crippen LogP contribution < -0.4 is 5.32 Å². The summed E-state index contributed by atoms with van der Waals surface area (Å²) in [6.07, 6.45) is 4.17. The van der Waals surface area contributed by atoms with Gasteiger partial charge in [-0.1, -0.05) is 12.1 Å². The third-order valence-electron chi connectivity index (χ3n) is 3.45. The van der Waals surface area contributed by atoms with E-state index in [1.165, 1.54) is 6.42 Å². The monoisotopic (exact) mass is 223 g/mol. The zero-order chi connectivity index (χ0) is 11.0. The van der Waals surface area contributed by atoms with Gasteiger partial charge in [-0.25, -0.2) is 0 Å². The molecular weight excluding hydrogens is 206 g/mol. The van der Waals surface area contributed by atoms with Gasteiger partial charge in [0.2, 0.25) is 5.89 Å². The predicted molar refractivity (Wildman–Crippen MR) is 56.9 cm³/mol. The summed E-state index contributed by atoms with van der Waals surface area (Å²) >= 11 is 0. The average molecular weight is 223 g/mol. The van der Waals surface area contributed by atoms with Crippen molar-refractivity contribution in [1.29, 1.82) is 0 Å². The SMILES string of the molecule is CCNCc1nc(C2CC3CCC2O3)no1. The van der Waals surface area contributed by atoms with Crippen molar-refractivity contribution in [3.05, 3.63) is 11.7 Å². The molecule has 1 aromatic rings. The predicted octanol–water partition coefficient (Wildman–Crippen LogP) is 1.21. The molecule has 2 bridgehead atoms. The molecule has 1 aromatic heterocycles. The molecule has 2 saturated heterocycles. The summed E-state index contributed by atoms with van der Waals surface area (Å²) in [6, 6.07) is 0. The number of ether oxygens (including phenoxy) is 1. The maximum atomic E-state index is 5.79. The lowest BCUT2D eigenvalue weighted by Gasteiger charge is -2.13. The molecule has 0 aromatic carbocycles. The van der Waals surface area contributed by atoms with E-state index in [4.69, 9.17) is 9.26 Å². The van der Waals surface area contributed by atoms with Gasteiger partial charge in [0.25, 0.3) is 0 Å². The van der Waals surface area contributed by atoms with Gasteiger partial charge < -0.3 is 14.6 Å². The van der Waals surface area contributed by atoms with Crippen LogP contribution in [-0.4, -0.2) is 28.9 Å². The molecule has 0 aliphatic carbocycles. The molecular formula is C11H17N3O2. The van der Waals surface area contributed by atoms with E-state index in [1.54, 1.807) is 0 Å². The Balaban J connectivity index is 1.68. The number of aromatic nitrogens is 2. The Hall–Kier alpha value is -0.940. The highest BCUT2D eigenvalue weighted by Crippen LogP contribution is 2.43. The van der Waals surface area contributed by atoms with Gasteiger partial charge in [-0.2, -0.15) is 4.98 Å². The van der Waals surface area contributed by atoms with E-state index in [1.807, 2.05) is 0 Å². The fourth-order valence-electron chi connectivity index (χ4n) is 2.63. The minimum Gasteiger partial charge on any atom is -0.374 e. The van der Waals surface area contributed by atoms with Crippen molar-refractivity contribution in [1.82, 2.24) is 15.5 Å². The minimum atomic E-state index is 0.328. The normalized spacial score (nSPS) is 32.4. The van der Waals surface area contributed by atoms with E-state index in [0.29, 0.717) is 30.6 Å². The Bertz CT molecular complexity index is 366. The van der Waals surface area contributed by atoms with E-state index in [9.17, 15) is 0 Å². The van der Waals surface area contributed by atoms with Crippen LogP contribution in [0, 0.1) is 0 Å². The molecule has 0 spiro atoms. The summed E-state index contributed by atoms with van der Waals surface area (Å²) in [7, 11) is 0. The van der Waals surface area contributed by atoms with Crippen molar-refractivity contribution >= 4 is 0 Å². The van der Waals surface area contributed by atoms with Gasteiger partial charge in [0, 0.05) is 0 Å². The van der Waals surface area contributed by atoms with Crippen molar-refractivity contribution in [3.63, 3.8) is 0 Å². The topological polar surface area (TPSA) is 60.2 Å². The van der Waals surface area contributed by atoms with E-state index in [2.05, 4.69) is 22.4 Å². The van der Waals surface area contributed by atoms with E-state index >= 15 is 0 Å². The van der Waals surface area contributed by atoms with Gasteiger partial charge in [0.1, 0.15) is 0 Å². The number of nitrogens with one attached hydrogen (secondary N) is 1. The second kappa shape index (κ2) is 4.14. The summed E-state index contributed by atoms with van der Waals surface area (Å²) in [6.45, 7) is 3.63. The summed E-state index contributed by atoms with van der Waals surface area (Å²) in [5, 5.41) is 7.24. The van der Waals surface area contributed by atoms with Crippen LogP contribution in [0.4, 0.5) is 0 Å². The molecule has 3 unspecified atom stereocenters. The first-order chi connectivity index (χ1) is 7.86. The highest BCUT2D eigenvalue weighted by molar-refractivity contribution is 5.06. The van der Waals surface area contributed by atoms with Gasteiger partial charge in [-0.15, -0.1) is 0 Å². The van der Waals surface area contributed by atoms with Crippen LogP contribution in [0.1, 0.15) is 43.8 Å². The molecule has 2 fully saturated rings. The Labute approximate surface area is 94.6 Å². The zero-order valence-corrected chi connectivity index (χ0v) is 9.48. The molecule has 1 N–H and O–H groups in total. The molecule has 2 aliphatic rings. The first kappa shape index (κ1) is 10.2. The van der Waals surface area contributed by atoms with E-state index in [-0.39, 0.29) is 0 Å². The fraction of sp³-hybridized carbons (Fsp3) is 0.818. The lowest BCUT2D eigenvalue weighted by atomic mass is 9.89. The van der Waals surface area contributed by atoms with Crippen LogP contribution in [0.3, 0.4) is 0 Å². The van der Waals surface area contributed by atoms with Crippen molar-refractivity contribution in [2.24, 2.45) is 0 Å².